The van der Waals surface area contributed by atoms with Crippen molar-refractivity contribution < 1.29 is 18.0 Å². The first-order valence-electron chi connectivity index (χ1n) is 6.97. The van der Waals surface area contributed by atoms with Crippen molar-refractivity contribution in [2.75, 3.05) is 5.32 Å². The Morgan fingerprint density at radius 2 is 1.81 bits per heavy atom. The van der Waals surface area contributed by atoms with Crippen LogP contribution >= 0.6 is 15.9 Å². The minimum absolute atomic E-state index is 0.159. The van der Waals surface area contributed by atoms with Crippen molar-refractivity contribution in [3.05, 3.63) is 28.2 Å². The van der Waals surface area contributed by atoms with Crippen LogP contribution < -0.4 is 5.32 Å². The Morgan fingerprint density at radius 3 is 2.29 bits per heavy atom. The molecular formula is C15H19BrF3NO. The quantitative estimate of drug-likeness (QED) is 0.695. The third kappa shape index (κ3) is 5.34. The maximum atomic E-state index is 12.7. The lowest BCUT2D eigenvalue weighted by Crippen LogP contribution is -2.23. The summed E-state index contributed by atoms with van der Waals surface area (Å²) in [4.78, 5) is 12.2. The molecule has 0 aliphatic heterocycles. The molecule has 0 heterocycles. The number of carbonyl (C=O) groups excluding carboxylic acids is 1. The van der Waals surface area contributed by atoms with E-state index < -0.39 is 11.7 Å². The summed E-state index contributed by atoms with van der Waals surface area (Å²) < 4.78 is 38.6. The molecule has 0 aromatic heterocycles. The number of benzene rings is 1. The highest BCUT2D eigenvalue weighted by atomic mass is 79.9. The fourth-order valence-electron chi connectivity index (χ4n) is 2.14. The van der Waals surface area contributed by atoms with E-state index in [2.05, 4.69) is 21.2 Å². The van der Waals surface area contributed by atoms with Gasteiger partial charge in [0, 0.05) is 10.4 Å². The van der Waals surface area contributed by atoms with Crippen molar-refractivity contribution in [3.8, 4) is 0 Å². The van der Waals surface area contributed by atoms with Crippen molar-refractivity contribution in [1.29, 1.82) is 0 Å². The van der Waals surface area contributed by atoms with E-state index in [1.54, 1.807) is 0 Å². The van der Waals surface area contributed by atoms with Crippen LogP contribution in [-0.4, -0.2) is 5.91 Å². The maximum absolute atomic E-state index is 12.7. The highest BCUT2D eigenvalue weighted by molar-refractivity contribution is 9.10. The number of hydrogen-bond donors (Lipinski definition) is 1. The van der Waals surface area contributed by atoms with Crippen LogP contribution in [0.4, 0.5) is 18.9 Å². The third-order valence-corrected chi connectivity index (χ3v) is 3.89. The molecule has 0 aliphatic rings. The van der Waals surface area contributed by atoms with E-state index >= 15 is 0 Å². The molecule has 0 spiro atoms. The van der Waals surface area contributed by atoms with Gasteiger partial charge >= 0.3 is 6.18 Å². The predicted octanol–water partition coefficient (Wildman–Crippen LogP) is 5.62. The van der Waals surface area contributed by atoms with Gasteiger partial charge in [-0.2, -0.15) is 13.2 Å². The normalized spacial score (nSPS) is 11.8. The molecule has 1 N–H and O–H groups in total. The van der Waals surface area contributed by atoms with E-state index in [9.17, 15) is 18.0 Å². The van der Waals surface area contributed by atoms with Gasteiger partial charge in [-0.1, -0.05) is 26.7 Å². The second-order valence-electron chi connectivity index (χ2n) is 4.96. The largest absolute Gasteiger partial charge is 0.416 e. The molecule has 1 aromatic carbocycles. The molecule has 1 rings (SSSR count). The molecule has 0 unspecified atom stereocenters. The number of anilines is 1. The number of halogens is 4. The Morgan fingerprint density at radius 1 is 1.24 bits per heavy atom. The molecule has 1 aromatic rings. The number of amides is 1. The number of hydrogen-bond acceptors (Lipinski definition) is 1. The lowest BCUT2D eigenvalue weighted by Gasteiger charge is -2.17. The summed E-state index contributed by atoms with van der Waals surface area (Å²) in [6.45, 7) is 3.96. The van der Waals surface area contributed by atoms with Gasteiger partial charge in [0.2, 0.25) is 5.91 Å². The first-order chi connectivity index (χ1) is 9.79. The summed E-state index contributed by atoms with van der Waals surface area (Å²) in [6.07, 6.45) is -1.23. The summed E-state index contributed by atoms with van der Waals surface area (Å²) in [7, 11) is 0. The molecule has 118 valence electrons. The Labute approximate surface area is 131 Å². The topological polar surface area (TPSA) is 29.1 Å². The average Bonchev–Trinajstić information content (AvgIpc) is 2.39. The molecule has 0 aliphatic carbocycles. The van der Waals surface area contributed by atoms with Gasteiger partial charge in [-0.15, -0.1) is 0 Å². The number of rotatable bonds is 6. The zero-order valence-electron chi connectivity index (χ0n) is 12.1. The minimum Gasteiger partial charge on any atom is -0.325 e. The first-order valence-corrected chi connectivity index (χ1v) is 7.76. The highest BCUT2D eigenvalue weighted by Crippen LogP contribution is 2.34. The lowest BCUT2D eigenvalue weighted by atomic mass is 9.97. The Bertz CT molecular complexity index is 482. The van der Waals surface area contributed by atoms with Gasteiger partial charge in [-0.05, 0) is 47.0 Å². The van der Waals surface area contributed by atoms with E-state index in [0.29, 0.717) is 4.47 Å². The zero-order chi connectivity index (χ0) is 16.0. The van der Waals surface area contributed by atoms with Crippen LogP contribution in [-0.2, 0) is 11.0 Å². The second-order valence-corrected chi connectivity index (χ2v) is 5.81. The smallest absolute Gasteiger partial charge is 0.325 e. The average molecular weight is 366 g/mol. The van der Waals surface area contributed by atoms with Gasteiger partial charge in [0.1, 0.15) is 0 Å². The molecule has 0 saturated carbocycles. The molecule has 0 radical (unpaired) electrons. The molecule has 0 atom stereocenters. The Kier molecular flexibility index (Phi) is 6.71. The van der Waals surface area contributed by atoms with Crippen LogP contribution in [0.25, 0.3) is 0 Å². The van der Waals surface area contributed by atoms with E-state index in [1.165, 1.54) is 6.07 Å². The Hall–Kier alpha value is -1.04. The highest BCUT2D eigenvalue weighted by Gasteiger charge is 2.31. The molecule has 0 bridgehead atoms. The van der Waals surface area contributed by atoms with Crippen LogP contribution in [0.15, 0.2) is 22.7 Å². The predicted molar refractivity (Wildman–Crippen MR) is 81.1 cm³/mol. The van der Waals surface area contributed by atoms with Gasteiger partial charge < -0.3 is 5.32 Å². The summed E-state index contributed by atoms with van der Waals surface area (Å²) >= 11 is 3.17. The fraction of sp³-hybridized carbons (Fsp3) is 0.533. The van der Waals surface area contributed by atoms with Crippen LogP contribution in [0, 0.1) is 5.92 Å². The van der Waals surface area contributed by atoms with Gasteiger partial charge in [0.25, 0.3) is 0 Å². The standard InChI is InChI=1S/C15H19BrF3NO/c1-3-5-10(6-4-2)14(21)20-13-9-11(15(17,18)19)7-8-12(13)16/h7-10H,3-6H2,1-2H3,(H,20,21). The van der Waals surface area contributed by atoms with E-state index in [1.807, 2.05) is 13.8 Å². The molecule has 0 saturated heterocycles. The fourth-order valence-corrected chi connectivity index (χ4v) is 2.48. The third-order valence-electron chi connectivity index (χ3n) is 3.20. The van der Waals surface area contributed by atoms with Crippen LogP contribution in [0.1, 0.15) is 45.1 Å². The SMILES string of the molecule is CCCC(CCC)C(=O)Nc1cc(C(F)(F)F)ccc1Br. The molecule has 21 heavy (non-hydrogen) atoms. The number of alkyl halides is 3. The second kappa shape index (κ2) is 7.82. The van der Waals surface area contributed by atoms with Crippen molar-refractivity contribution >= 4 is 27.5 Å². The molecule has 1 amide bonds. The summed E-state index contributed by atoms with van der Waals surface area (Å²) in [5.41, 5.74) is -0.615. The summed E-state index contributed by atoms with van der Waals surface area (Å²) in [5.74, 6) is -0.389. The summed E-state index contributed by atoms with van der Waals surface area (Å²) in [6, 6.07) is 3.24. The van der Waals surface area contributed by atoms with E-state index in [-0.39, 0.29) is 17.5 Å². The van der Waals surface area contributed by atoms with Crippen LogP contribution in [0.3, 0.4) is 0 Å². The molecule has 0 fully saturated rings. The van der Waals surface area contributed by atoms with E-state index in [4.69, 9.17) is 0 Å². The maximum Gasteiger partial charge on any atom is 0.416 e. The van der Waals surface area contributed by atoms with Crippen molar-refractivity contribution in [2.45, 2.75) is 45.7 Å². The van der Waals surface area contributed by atoms with Crippen molar-refractivity contribution in [3.63, 3.8) is 0 Å². The number of carbonyl (C=O) groups is 1. The van der Waals surface area contributed by atoms with Crippen LogP contribution in [0.2, 0.25) is 0 Å². The molecule has 6 heteroatoms. The Balaban J connectivity index is 2.93. The van der Waals surface area contributed by atoms with Gasteiger partial charge in [0.05, 0.1) is 11.3 Å². The van der Waals surface area contributed by atoms with Crippen molar-refractivity contribution in [2.24, 2.45) is 5.92 Å². The zero-order valence-corrected chi connectivity index (χ0v) is 13.6. The monoisotopic (exact) mass is 365 g/mol. The first kappa shape index (κ1) is 18.0. The van der Waals surface area contributed by atoms with Gasteiger partial charge in [-0.3, -0.25) is 4.79 Å². The van der Waals surface area contributed by atoms with Gasteiger partial charge in [0.15, 0.2) is 0 Å². The molecule has 2 nitrogen and oxygen atoms in total. The number of nitrogens with one attached hydrogen (secondary N) is 1. The van der Waals surface area contributed by atoms with Crippen LogP contribution in [0.5, 0.6) is 0 Å². The minimum atomic E-state index is -4.42. The van der Waals surface area contributed by atoms with E-state index in [0.717, 1.165) is 37.8 Å². The van der Waals surface area contributed by atoms with Gasteiger partial charge in [-0.25, -0.2) is 0 Å². The molecular weight excluding hydrogens is 347 g/mol. The summed E-state index contributed by atoms with van der Waals surface area (Å²) in [5, 5.41) is 2.61. The van der Waals surface area contributed by atoms with Crippen molar-refractivity contribution in [1.82, 2.24) is 0 Å². The lowest BCUT2D eigenvalue weighted by molar-refractivity contribution is -0.137.